The molecule has 1 aromatic heterocycles. The van der Waals surface area contributed by atoms with Crippen molar-refractivity contribution in [1.29, 1.82) is 0 Å². The predicted octanol–water partition coefficient (Wildman–Crippen LogP) is 3.26. The molecule has 0 unspecified atom stereocenters. The highest BCUT2D eigenvalue weighted by Crippen LogP contribution is 2.15. The number of para-hydroxylation sites is 1. The molecule has 3 aromatic rings. The zero-order valence-electron chi connectivity index (χ0n) is 13.5. The van der Waals surface area contributed by atoms with Crippen molar-refractivity contribution in [2.45, 2.75) is 13.3 Å². The predicted molar refractivity (Wildman–Crippen MR) is 95.4 cm³/mol. The molecule has 0 spiro atoms. The molecule has 1 amide bonds. The third kappa shape index (κ3) is 3.81. The van der Waals surface area contributed by atoms with Gasteiger partial charge < -0.3 is 9.72 Å². The number of amides is 1. The number of aromatic nitrogens is 1. The molecule has 5 heteroatoms. The Labute approximate surface area is 140 Å². The first-order valence-electron chi connectivity index (χ1n) is 7.86. The van der Waals surface area contributed by atoms with E-state index in [2.05, 4.69) is 22.4 Å². The van der Waals surface area contributed by atoms with E-state index in [4.69, 9.17) is 4.74 Å². The standard InChI is InChI=1S/C19H19N3O2/c1-2-14-7-9-16(10-8-14)24-13-19(23)22-21-12-15-11-20-18-6-4-3-5-17(15)18/h3-12,20H,2,13H2,1H3,(H,22,23). The van der Waals surface area contributed by atoms with Gasteiger partial charge in [-0.25, -0.2) is 5.43 Å². The zero-order chi connectivity index (χ0) is 16.8. The van der Waals surface area contributed by atoms with Gasteiger partial charge in [-0.1, -0.05) is 37.3 Å². The fourth-order valence-electron chi connectivity index (χ4n) is 2.38. The van der Waals surface area contributed by atoms with Crippen molar-refractivity contribution in [3.8, 4) is 5.75 Å². The molecule has 0 aliphatic heterocycles. The lowest BCUT2D eigenvalue weighted by Gasteiger charge is -2.05. The van der Waals surface area contributed by atoms with Crippen LogP contribution >= 0.6 is 0 Å². The maximum Gasteiger partial charge on any atom is 0.277 e. The molecular formula is C19H19N3O2. The molecule has 0 atom stereocenters. The third-order valence-electron chi connectivity index (χ3n) is 3.72. The summed E-state index contributed by atoms with van der Waals surface area (Å²) in [6.45, 7) is 2.02. The van der Waals surface area contributed by atoms with Gasteiger partial charge in [-0.2, -0.15) is 5.10 Å². The van der Waals surface area contributed by atoms with Gasteiger partial charge in [-0.3, -0.25) is 4.79 Å². The van der Waals surface area contributed by atoms with Crippen molar-refractivity contribution in [1.82, 2.24) is 10.4 Å². The van der Waals surface area contributed by atoms with Crippen LogP contribution < -0.4 is 10.2 Å². The maximum absolute atomic E-state index is 11.8. The Morgan fingerprint density at radius 3 is 2.79 bits per heavy atom. The molecule has 24 heavy (non-hydrogen) atoms. The van der Waals surface area contributed by atoms with Gasteiger partial charge in [0.1, 0.15) is 5.75 Å². The fourth-order valence-corrected chi connectivity index (χ4v) is 2.38. The molecule has 2 N–H and O–H groups in total. The van der Waals surface area contributed by atoms with Crippen molar-refractivity contribution in [2.24, 2.45) is 5.10 Å². The van der Waals surface area contributed by atoms with Crippen LogP contribution in [0.2, 0.25) is 0 Å². The van der Waals surface area contributed by atoms with Gasteiger partial charge in [0.2, 0.25) is 0 Å². The summed E-state index contributed by atoms with van der Waals surface area (Å²) in [5.41, 5.74) is 5.65. The first kappa shape index (κ1) is 15.8. The summed E-state index contributed by atoms with van der Waals surface area (Å²) in [6.07, 6.45) is 4.45. The summed E-state index contributed by atoms with van der Waals surface area (Å²) >= 11 is 0. The lowest BCUT2D eigenvalue weighted by atomic mass is 10.2. The maximum atomic E-state index is 11.8. The molecule has 122 valence electrons. The van der Waals surface area contributed by atoms with E-state index in [0.717, 1.165) is 22.9 Å². The number of rotatable bonds is 6. The van der Waals surface area contributed by atoms with Crippen LogP contribution in [-0.2, 0) is 11.2 Å². The number of ether oxygens (including phenoxy) is 1. The molecule has 2 aromatic carbocycles. The first-order valence-corrected chi connectivity index (χ1v) is 7.86. The Balaban J connectivity index is 1.51. The lowest BCUT2D eigenvalue weighted by molar-refractivity contribution is -0.123. The smallest absolute Gasteiger partial charge is 0.277 e. The Kier molecular flexibility index (Phi) is 4.91. The monoisotopic (exact) mass is 321 g/mol. The molecule has 1 heterocycles. The number of nitrogens with one attached hydrogen (secondary N) is 2. The van der Waals surface area contributed by atoms with Crippen LogP contribution in [0.25, 0.3) is 10.9 Å². The second-order valence-electron chi connectivity index (χ2n) is 5.37. The van der Waals surface area contributed by atoms with E-state index in [1.807, 2.05) is 54.7 Å². The Morgan fingerprint density at radius 2 is 2.00 bits per heavy atom. The number of benzene rings is 2. The zero-order valence-corrected chi connectivity index (χ0v) is 13.5. The van der Waals surface area contributed by atoms with Crippen LogP contribution in [0.3, 0.4) is 0 Å². The summed E-state index contributed by atoms with van der Waals surface area (Å²) in [4.78, 5) is 14.9. The molecule has 0 aliphatic rings. The molecule has 5 nitrogen and oxygen atoms in total. The van der Waals surface area contributed by atoms with Crippen molar-refractivity contribution in [3.05, 3.63) is 65.9 Å². The van der Waals surface area contributed by atoms with E-state index >= 15 is 0 Å². The number of nitrogens with zero attached hydrogens (tertiary/aromatic N) is 1. The number of aryl methyl sites for hydroxylation is 1. The highest BCUT2D eigenvalue weighted by atomic mass is 16.5. The van der Waals surface area contributed by atoms with Gasteiger partial charge in [-0.15, -0.1) is 0 Å². The SMILES string of the molecule is CCc1ccc(OCC(=O)NN=Cc2c[nH]c3ccccc23)cc1. The van der Waals surface area contributed by atoms with Gasteiger partial charge >= 0.3 is 0 Å². The summed E-state index contributed by atoms with van der Waals surface area (Å²) < 4.78 is 5.43. The molecule has 0 aliphatic carbocycles. The minimum atomic E-state index is -0.300. The van der Waals surface area contributed by atoms with Gasteiger partial charge in [0.25, 0.3) is 5.91 Å². The van der Waals surface area contributed by atoms with E-state index in [9.17, 15) is 4.79 Å². The second-order valence-corrected chi connectivity index (χ2v) is 5.37. The number of aromatic amines is 1. The average Bonchev–Trinajstić information content (AvgIpc) is 3.04. The van der Waals surface area contributed by atoms with Gasteiger partial charge in [0.05, 0.1) is 6.21 Å². The van der Waals surface area contributed by atoms with Gasteiger partial charge in [-0.05, 0) is 30.2 Å². The number of carbonyl (C=O) groups excluding carboxylic acids is 1. The van der Waals surface area contributed by atoms with E-state index < -0.39 is 0 Å². The Bertz CT molecular complexity index is 850. The van der Waals surface area contributed by atoms with Crippen LogP contribution in [0.15, 0.2) is 59.8 Å². The van der Waals surface area contributed by atoms with E-state index in [0.29, 0.717) is 5.75 Å². The number of hydrogen-bond acceptors (Lipinski definition) is 3. The molecule has 0 saturated carbocycles. The van der Waals surface area contributed by atoms with Crippen LogP contribution in [0.4, 0.5) is 0 Å². The highest BCUT2D eigenvalue weighted by Gasteiger charge is 2.03. The van der Waals surface area contributed by atoms with Crippen LogP contribution in [0, 0.1) is 0 Å². The van der Waals surface area contributed by atoms with Crippen molar-refractivity contribution in [2.75, 3.05) is 6.61 Å². The molecular weight excluding hydrogens is 302 g/mol. The lowest BCUT2D eigenvalue weighted by Crippen LogP contribution is -2.24. The molecule has 0 fully saturated rings. The van der Waals surface area contributed by atoms with Crippen LogP contribution in [0.1, 0.15) is 18.1 Å². The number of H-pyrrole nitrogens is 1. The van der Waals surface area contributed by atoms with E-state index in [-0.39, 0.29) is 12.5 Å². The third-order valence-corrected chi connectivity index (χ3v) is 3.72. The number of hydrazone groups is 1. The number of hydrogen-bond donors (Lipinski definition) is 2. The quantitative estimate of drug-likeness (QED) is 0.540. The van der Waals surface area contributed by atoms with Crippen molar-refractivity contribution < 1.29 is 9.53 Å². The van der Waals surface area contributed by atoms with Crippen LogP contribution in [-0.4, -0.2) is 23.7 Å². The van der Waals surface area contributed by atoms with Crippen molar-refractivity contribution >= 4 is 23.0 Å². The summed E-state index contributed by atoms with van der Waals surface area (Å²) in [6, 6.07) is 15.6. The van der Waals surface area contributed by atoms with Crippen molar-refractivity contribution in [3.63, 3.8) is 0 Å². The summed E-state index contributed by atoms with van der Waals surface area (Å²) in [7, 11) is 0. The number of carbonyl (C=O) groups is 1. The van der Waals surface area contributed by atoms with Gasteiger partial charge in [0.15, 0.2) is 6.61 Å². The van der Waals surface area contributed by atoms with E-state index in [1.54, 1.807) is 6.21 Å². The molecule has 0 saturated heterocycles. The van der Waals surface area contributed by atoms with E-state index in [1.165, 1.54) is 5.56 Å². The van der Waals surface area contributed by atoms with Crippen LogP contribution in [0.5, 0.6) is 5.75 Å². The Hall–Kier alpha value is -3.08. The summed E-state index contributed by atoms with van der Waals surface area (Å²) in [5.74, 6) is 0.369. The molecule has 0 bridgehead atoms. The fraction of sp³-hybridized carbons (Fsp3) is 0.158. The largest absolute Gasteiger partial charge is 0.484 e. The first-order chi connectivity index (χ1) is 11.8. The minimum absolute atomic E-state index is 0.0727. The second kappa shape index (κ2) is 7.46. The van der Waals surface area contributed by atoms with Gasteiger partial charge in [0, 0.05) is 22.7 Å². The topological polar surface area (TPSA) is 66.5 Å². The molecule has 3 rings (SSSR count). The normalized spacial score (nSPS) is 11.0. The summed E-state index contributed by atoms with van der Waals surface area (Å²) in [5, 5.41) is 5.04. The Morgan fingerprint density at radius 1 is 1.21 bits per heavy atom. The minimum Gasteiger partial charge on any atom is -0.484 e. The molecule has 0 radical (unpaired) electrons. The average molecular weight is 321 g/mol. The highest BCUT2D eigenvalue weighted by molar-refractivity contribution is 5.99. The number of fused-ring (bicyclic) bond motifs is 1.